The van der Waals surface area contributed by atoms with E-state index in [1.807, 2.05) is 6.07 Å². The lowest BCUT2D eigenvalue weighted by atomic mass is 10.2. The predicted molar refractivity (Wildman–Crippen MR) is 77.6 cm³/mol. The van der Waals surface area contributed by atoms with Crippen LogP contribution in [0.1, 0.15) is 0 Å². The van der Waals surface area contributed by atoms with Crippen LogP contribution in [0.4, 0.5) is 0 Å². The maximum absolute atomic E-state index is 11.7. The van der Waals surface area contributed by atoms with Crippen LogP contribution in [-0.2, 0) is 9.05 Å². The Morgan fingerprint density at radius 1 is 0.952 bits per heavy atom. The highest BCUT2D eigenvalue weighted by molar-refractivity contribution is 8.13. The molecule has 0 saturated heterocycles. The molecule has 3 aromatic rings. The van der Waals surface area contributed by atoms with Crippen molar-refractivity contribution in [1.82, 2.24) is 19.7 Å². The Kier molecular flexibility index (Phi) is 3.44. The number of benzene rings is 1. The summed E-state index contributed by atoms with van der Waals surface area (Å²) in [7, 11) is 1.43. The second-order valence-electron chi connectivity index (χ2n) is 4.15. The molecule has 1 aromatic carbocycles. The Hall–Kier alpha value is -2.25. The van der Waals surface area contributed by atoms with E-state index in [1.165, 1.54) is 4.57 Å². The van der Waals surface area contributed by atoms with Crippen molar-refractivity contribution in [2.45, 2.75) is 5.16 Å². The van der Waals surface area contributed by atoms with E-state index in [0.717, 1.165) is 0 Å². The minimum Gasteiger partial charge on any atom is -0.265 e. The average molecular weight is 321 g/mol. The normalized spacial score (nSPS) is 11.5. The van der Waals surface area contributed by atoms with Crippen molar-refractivity contribution in [2.24, 2.45) is 0 Å². The van der Waals surface area contributed by atoms with Gasteiger partial charge in [-0.2, -0.15) is 0 Å². The van der Waals surface area contributed by atoms with Crippen molar-refractivity contribution in [1.29, 1.82) is 0 Å². The fraction of sp³-hybridized carbons (Fsp3) is 0. The monoisotopic (exact) mass is 320 g/mol. The smallest absolute Gasteiger partial charge is 0.265 e. The zero-order valence-corrected chi connectivity index (χ0v) is 12.2. The van der Waals surface area contributed by atoms with E-state index in [9.17, 15) is 8.42 Å². The van der Waals surface area contributed by atoms with Gasteiger partial charge in [0.1, 0.15) is 0 Å². The van der Waals surface area contributed by atoms with Crippen LogP contribution < -0.4 is 0 Å². The highest BCUT2D eigenvalue weighted by Crippen LogP contribution is 2.25. The molecule has 0 bridgehead atoms. The van der Waals surface area contributed by atoms with E-state index in [2.05, 4.69) is 15.2 Å². The number of aromatic nitrogens is 4. The van der Waals surface area contributed by atoms with Crippen LogP contribution in [0.5, 0.6) is 0 Å². The zero-order chi connectivity index (χ0) is 14.9. The van der Waals surface area contributed by atoms with Crippen LogP contribution in [0.2, 0.25) is 0 Å². The highest BCUT2D eigenvalue weighted by atomic mass is 35.7. The SMILES string of the molecule is O=S(=O)(Cl)c1nnc(-c2ccncc2)n1-c1ccccc1. The van der Waals surface area contributed by atoms with Gasteiger partial charge in [-0.1, -0.05) is 18.2 Å². The summed E-state index contributed by atoms with van der Waals surface area (Å²) < 4.78 is 24.8. The molecule has 106 valence electrons. The van der Waals surface area contributed by atoms with Crippen LogP contribution in [0, 0.1) is 0 Å². The molecule has 3 rings (SSSR count). The van der Waals surface area contributed by atoms with Gasteiger partial charge in [0.2, 0.25) is 0 Å². The molecule has 0 unspecified atom stereocenters. The topological polar surface area (TPSA) is 77.7 Å². The molecule has 0 aliphatic heterocycles. The van der Waals surface area contributed by atoms with Crippen LogP contribution in [0.3, 0.4) is 0 Å². The van der Waals surface area contributed by atoms with E-state index in [-0.39, 0.29) is 5.16 Å². The number of hydrogen-bond acceptors (Lipinski definition) is 5. The largest absolute Gasteiger partial charge is 0.297 e. The fourth-order valence-electron chi connectivity index (χ4n) is 1.93. The molecule has 0 spiro atoms. The molecule has 0 radical (unpaired) electrons. The predicted octanol–water partition coefficient (Wildman–Crippen LogP) is 2.26. The van der Waals surface area contributed by atoms with Gasteiger partial charge in [0, 0.05) is 34.3 Å². The fourth-order valence-corrected chi connectivity index (χ4v) is 2.77. The summed E-state index contributed by atoms with van der Waals surface area (Å²) in [5.74, 6) is 0.378. The summed E-state index contributed by atoms with van der Waals surface area (Å²) in [4.78, 5) is 3.93. The van der Waals surface area contributed by atoms with E-state index < -0.39 is 9.05 Å². The number of nitrogens with zero attached hydrogens (tertiary/aromatic N) is 4. The van der Waals surface area contributed by atoms with E-state index in [4.69, 9.17) is 10.7 Å². The number of rotatable bonds is 3. The molecule has 0 fully saturated rings. The van der Waals surface area contributed by atoms with Crippen molar-refractivity contribution >= 4 is 19.7 Å². The molecule has 6 nitrogen and oxygen atoms in total. The molecule has 0 aliphatic rings. The number of para-hydroxylation sites is 1. The lowest BCUT2D eigenvalue weighted by Gasteiger charge is -2.08. The summed E-state index contributed by atoms with van der Waals surface area (Å²) in [6, 6.07) is 12.3. The minimum atomic E-state index is -4.02. The van der Waals surface area contributed by atoms with Gasteiger partial charge in [-0.3, -0.25) is 9.55 Å². The molecule has 0 N–H and O–H groups in total. The Bertz CT molecular complexity index is 864. The van der Waals surface area contributed by atoms with Gasteiger partial charge in [0.25, 0.3) is 14.2 Å². The minimum absolute atomic E-state index is 0.317. The summed E-state index contributed by atoms with van der Waals surface area (Å²) in [6.45, 7) is 0. The van der Waals surface area contributed by atoms with Gasteiger partial charge in [-0.05, 0) is 24.3 Å². The molecule has 2 aromatic heterocycles. The molecule has 0 saturated carbocycles. The first-order valence-corrected chi connectivity index (χ1v) is 8.24. The maximum atomic E-state index is 11.7. The van der Waals surface area contributed by atoms with Crippen LogP contribution in [0.25, 0.3) is 17.1 Å². The summed E-state index contributed by atoms with van der Waals surface area (Å²) in [5, 5.41) is 7.35. The van der Waals surface area contributed by atoms with Crippen molar-refractivity contribution in [3.63, 3.8) is 0 Å². The molecule has 0 amide bonds. The maximum Gasteiger partial charge on any atom is 0.297 e. The van der Waals surface area contributed by atoms with E-state index >= 15 is 0 Å². The second kappa shape index (κ2) is 5.27. The number of pyridine rings is 1. The van der Waals surface area contributed by atoms with Gasteiger partial charge >= 0.3 is 0 Å². The molecule has 0 aliphatic carbocycles. The summed E-state index contributed by atoms with van der Waals surface area (Å²) in [6.07, 6.45) is 3.18. The molecule has 2 heterocycles. The number of halogens is 1. The van der Waals surface area contributed by atoms with E-state index in [1.54, 1.807) is 48.8 Å². The molecular formula is C13H9ClN4O2S. The second-order valence-corrected chi connectivity index (χ2v) is 6.61. The van der Waals surface area contributed by atoms with Gasteiger partial charge < -0.3 is 0 Å². The van der Waals surface area contributed by atoms with Gasteiger partial charge in [-0.15, -0.1) is 10.2 Å². The molecule has 8 heteroatoms. The van der Waals surface area contributed by atoms with Gasteiger partial charge in [0.05, 0.1) is 0 Å². The highest BCUT2D eigenvalue weighted by Gasteiger charge is 2.24. The third-order valence-corrected chi connectivity index (χ3v) is 3.92. The summed E-state index contributed by atoms with van der Waals surface area (Å²) in [5.41, 5.74) is 1.29. The standard InChI is InChI=1S/C13H9ClN4O2S/c14-21(19,20)13-17-16-12(10-6-8-15-9-7-10)18(13)11-4-2-1-3-5-11/h1-9H. The van der Waals surface area contributed by atoms with Crippen molar-refractivity contribution in [3.8, 4) is 17.1 Å². The Morgan fingerprint density at radius 2 is 1.62 bits per heavy atom. The van der Waals surface area contributed by atoms with Crippen LogP contribution in [-0.4, -0.2) is 28.2 Å². The third kappa shape index (κ3) is 2.65. The van der Waals surface area contributed by atoms with Gasteiger partial charge in [0.15, 0.2) is 5.82 Å². The van der Waals surface area contributed by atoms with Crippen molar-refractivity contribution < 1.29 is 8.42 Å². The third-order valence-electron chi connectivity index (χ3n) is 2.80. The Morgan fingerprint density at radius 3 is 2.24 bits per heavy atom. The van der Waals surface area contributed by atoms with Crippen molar-refractivity contribution in [2.75, 3.05) is 0 Å². The quantitative estimate of drug-likeness (QED) is 0.692. The first-order valence-electron chi connectivity index (χ1n) is 5.93. The number of hydrogen-bond donors (Lipinski definition) is 0. The first kappa shape index (κ1) is 13.7. The molecular weight excluding hydrogens is 312 g/mol. The van der Waals surface area contributed by atoms with Crippen LogP contribution in [0.15, 0.2) is 60.0 Å². The van der Waals surface area contributed by atoms with Gasteiger partial charge in [-0.25, -0.2) is 8.42 Å². The molecule has 21 heavy (non-hydrogen) atoms. The first-order chi connectivity index (χ1) is 10.1. The van der Waals surface area contributed by atoms with Crippen molar-refractivity contribution in [3.05, 3.63) is 54.9 Å². The lowest BCUT2D eigenvalue weighted by Crippen LogP contribution is -2.05. The van der Waals surface area contributed by atoms with Crippen LogP contribution >= 0.6 is 10.7 Å². The Labute approximate surface area is 125 Å². The lowest BCUT2D eigenvalue weighted by molar-refractivity contribution is 0.597. The van der Waals surface area contributed by atoms with E-state index in [0.29, 0.717) is 17.1 Å². The summed E-state index contributed by atoms with van der Waals surface area (Å²) >= 11 is 0. The average Bonchev–Trinajstić information content (AvgIpc) is 2.94. The Balaban J connectivity index is 2.31. The molecule has 0 atom stereocenters. The zero-order valence-electron chi connectivity index (χ0n) is 10.6.